The van der Waals surface area contributed by atoms with Gasteiger partial charge >= 0.3 is 19.2 Å². The molecule has 4 rings (SSSR count). The highest BCUT2D eigenvalue weighted by Gasteiger charge is 2.19. The molecule has 0 fully saturated rings. The van der Waals surface area contributed by atoms with E-state index in [4.69, 9.17) is 10.5 Å². The van der Waals surface area contributed by atoms with Gasteiger partial charge in [0.05, 0.1) is 17.5 Å². The number of carbonyl (C=O) groups is 1. The highest BCUT2D eigenvalue weighted by Crippen LogP contribution is 2.25. The second kappa shape index (κ2) is 11.7. The summed E-state index contributed by atoms with van der Waals surface area (Å²) in [6.07, 6.45) is 7.28. The van der Waals surface area contributed by atoms with E-state index in [1.165, 1.54) is 49.6 Å². The molecule has 4 aromatic rings. The number of amides is 1. The molecule has 0 aliphatic heterocycles. The zero-order chi connectivity index (χ0) is 26.2. The number of nitrogens with two attached hydrogens (primary N) is 1. The summed E-state index contributed by atoms with van der Waals surface area (Å²) < 4.78 is 56.3. The van der Waals surface area contributed by atoms with Gasteiger partial charge in [0.2, 0.25) is 0 Å². The first kappa shape index (κ1) is 26.0. The van der Waals surface area contributed by atoms with Crippen molar-refractivity contribution < 1.29 is 27.1 Å². The van der Waals surface area contributed by atoms with E-state index in [0.29, 0.717) is 26.2 Å². The Kier molecular flexibility index (Phi) is 8.43. The Bertz CT molecular complexity index is 1270. The summed E-state index contributed by atoms with van der Waals surface area (Å²) >= 11 is 0. The maximum atomic E-state index is 12.9. The predicted octanol–water partition coefficient (Wildman–Crippen LogP) is 4.01. The molecule has 0 aromatic carbocycles. The summed E-state index contributed by atoms with van der Waals surface area (Å²) in [6.45, 7) is -2.35. The van der Waals surface area contributed by atoms with E-state index in [0.717, 1.165) is 0 Å². The van der Waals surface area contributed by atoms with Gasteiger partial charge in [0.25, 0.3) is 0 Å². The third-order valence-corrected chi connectivity index (χ3v) is 4.16. The Morgan fingerprint density at radius 1 is 0.861 bits per heavy atom. The fraction of sp³-hybridized carbons (Fsp3) is 0.250. The largest absolute Gasteiger partial charge is 0.447 e. The molecule has 190 valence electrons. The molecule has 0 bridgehead atoms. The minimum Gasteiger partial charge on any atom is -0.447 e. The SMILES string of the molecule is CC(C)OC(=O)Nc1cc(-c2cncnc2)nn1C(F)F.Nc1cc(-c2cncnc2)nn1C(F)F. The molecule has 12 nitrogen and oxygen atoms in total. The van der Waals surface area contributed by atoms with E-state index in [2.05, 4.69) is 35.5 Å². The highest BCUT2D eigenvalue weighted by molar-refractivity contribution is 5.84. The minimum absolute atomic E-state index is 0.0937. The Balaban J connectivity index is 0.000000212. The molecule has 0 spiro atoms. The van der Waals surface area contributed by atoms with Crippen LogP contribution in [0.4, 0.5) is 34.0 Å². The van der Waals surface area contributed by atoms with Gasteiger partial charge in [-0.1, -0.05) is 0 Å². The average Bonchev–Trinajstić information content (AvgIpc) is 3.44. The maximum Gasteiger partial charge on any atom is 0.413 e. The average molecular weight is 508 g/mol. The van der Waals surface area contributed by atoms with Crippen molar-refractivity contribution in [3.05, 3.63) is 49.6 Å². The van der Waals surface area contributed by atoms with Gasteiger partial charge in [-0.15, -0.1) is 0 Å². The van der Waals surface area contributed by atoms with E-state index in [1.807, 2.05) is 0 Å². The van der Waals surface area contributed by atoms with Crippen molar-refractivity contribution in [1.29, 1.82) is 0 Å². The lowest BCUT2D eigenvalue weighted by Gasteiger charge is -2.10. The normalized spacial score (nSPS) is 10.9. The first-order valence-corrected chi connectivity index (χ1v) is 10.1. The third kappa shape index (κ3) is 6.71. The number of carbonyl (C=O) groups excluding carboxylic acids is 1. The zero-order valence-electron chi connectivity index (χ0n) is 18.8. The fourth-order valence-electron chi connectivity index (χ4n) is 2.69. The Labute approximate surface area is 201 Å². The number of rotatable bonds is 6. The molecule has 0 saturated heterocycles. The summed E-state index contributed by atoms with van der Waals surface area (Å²) in [5, 5.41) is 9.60. The molecule has 16 heteroatoms. The molecule has 4 heterocycles. The molecule has 0 aliphatic carbocycles. The van der Waals surface area contributed by atoms with Crippen LogP contribution in [0.25, 0.3) is 22.5 Å². The van der Waals surface area contributed by atoms with Crippen LogP contribution in [0, 0.1) is 0 Å². The minimum atomic E-state index is -2.90. The van der Waals surface area contributed by atoms with E-state index >= 15 is 0 Å². The molecule has 3 N–H and O–H groups in total. The van der Waals surface area contributed by atoms with Crippen LogP contribution in [-0.4, -0.2) is 51.7 Å². The Hall–Kier alpha value is -4.63. The van der Waals surface area contributed by atoms with Crippen LogP contribution in [0.5, 0.6) is 0 Å². The molecular weight excluding hydrogens is 488 g/mol. The van der Waals surface area contributed by atoms with Crippen LogP contribution in [0.1, 0.15) is 26.9 Å². The quantitative estimate of drug-likeness (QED) is 0.368. The first-order chi connectivity index (χ1) is 17.2. The standard InChI is InChI=1S/C12H13F2N5O2.C8H7F2N5/c1-7(2)21-12(20)17-10-3-9(18-19(10)11(13)14)8-4-15-6-16-5-8;9-8(10)15-7(11)1-6(14-15)5-2-12-4-13-3-5/h3-7,11H,1-2H3,(H,17,20);1-4,8H,11H2. The number of ether oxygens (including phenoxy) is 1. The number of alkyl halides is 4. The van der Waals surface area contributed by atoms with Crippen LogP contribution >= 0.6 is 0 Å². The monoisotopic (exact) mass is 508 g/mol. The second-order valence-electron chi connectivity index (χ2n) is 7.15. The maximum absolute atomic E-state index is 12.9. The molecule has 4 aromatic heterocycles. The summed E-state index contributed by atoms with van der Waals surface area (Å²) in [4.78, 5) is 26.6. The Morgan fingerprint density at radius 3 is 1.78 bits per heavy atom. The van der Waals surface area contributed by atoms with E-state index in [1.54, 1.807) is 13.8 Å². The summed E-state index contributed by atoms with van der Waals surface area (Å²) in [6, 6.07) is 2.65. The highest BCUT2D eigenvalue weighted by atomic mass is 19.3. The van der Waals surface area contributed by atoms with Crippen LogP contribution in [0.15, 0.2) is 49.6 Å². The molecule has 0 unspecified atom stereocenters. The predicted molar refractivity (Wildman–Crippen MR) is 119 cm³/mol. The second-order valence-corrected chi connectivity index (χ2v) is 7.15. The topological polar surface area (TPSA) is 152 Å². The molecule has 0 saturated carbocycles. The molecule has 36 heavy (non-hydrogen) atoms. The first-order valence-electron chi connectivity index (χ1n) is 10.1. The van der Waals surface area contributed by atoms with Gasteiger partial charge in [-0.05, 0) is 13.8 Å². The van der Waals surface area contributed by atoms with E-state index in [-0.39, 0.29) is 23.4 Å². The van der Waals surface area contributed by atoms with E-state index in [9.17, 15) is 22.4 Å². The van der Waals surface area contributed by atoms with Crippen LogP contribution in [0.2, 0.25) is 0 Å². The number of nitrogen functional groups attached to an aromatic ring is 1. The van der Waals surface area contributed by atoms with Crippen LogP contribution < -0.4 is 11.1 Å². The van der Waals surface area contributed by atoms with Crippen molar-refractivity contribution in [1.82, 2.24) is 39.5 Å². The number of nitrogens with zero attached hydrogens (tertiary/aromatic N) is 8. The van der Waals surface area contributed by atoms with Gasteiger partial charge in [0.1, 0.15) is 24.3 Å². The van der Waals surface area contributed by atoms with Gasteiger partial charge in [-0.2, -0.15) is 37.1 Å². The number of halogens is 4. The van der Waals surface area contributed by atoms with Crippen LogP contribution in [0.3, 0.4) is 0 Å². The molecule has 1 amide bonds. The molecule has 0 radical (unpaired) electrons. The number of anilines is 2. The number of hydrogen-bond acceptors (Lipinski definition) is 9. The lowest BCUT2D eigenvalue weighted by molar-refractivity contribution is 0.0586. The van der Waals surface area contributed by atoms with Crippen molar-refractivity contribution >= 4 is 17.7 Å². The van der Waals surface area contributed by atoms with Gasteiger partial charge in [0.15, 0.2) is 0 Å². The molecular formula is C20H20F4N10O2. The molecule has 0 atom stereocenters. The third-order valence-electron chi connectivity index (χ3n) is 4.16. The fourth-order valence-corrected chi connectivity index (χ4v) is 2.69. The van der Waals surface area contributed by atoms with Gasteiger partial charge in [0, 0.05) is 48.0 Å². The van der Waals surface area contributed by atoms with Gasteiger partial charge in [-0.25, -0.2) is 24.7 Å². The van der Waals surface area contributed by atoms with Gasteiger partial charge < -0.3 is 10.5 Å². The zero-order valence-corrected chi connectivity index (χ0v) is 18.8. The van der Waals surface area contributed by atoms with Crippen molar-refractivity contribution in [2.45, 2.75) is 33.1 Å². The summed E-state index contributed by atoms with van der Waals surface area (Å²) in [5.41, 5.74) is 6.91. The lowest BCUT2D eigenvalue weighted by Crippen LogP contribution is -2.20. The lowest BCUT2D eigenvalue weighted by atomic mass is 10.2. The Morgan fingerprint density at radius 2 is 1.33 bits per heavy atom. The number of aromatic nitrogens is 8. The van der Waals surface area contributed by atoms with Crippen molar-refractivity contribution in [3.63, 3.8) is 0 Å². The van der Waals surface area contributed by atoms with Crippen LogP contribution in [-0.2, 0) is 4.74 Å². The van der Waals surface area contributed by atoms with Crippen molar-refractivity contribution in [2.75, 3.05) is 11.1 Å². The van der Waals surface area contributed by atoms with E-state index < -0.39 is 19.2 Å². The number of nitrogens with one attached hydrogen (secondary N) is 1. The van der Waals surface area contributed by atoms with Gasteiger partial charge in [-0.3, -0.25) is 5.32 Å². The molecule has 0 aliphatic rings. The van der Waals surface area contributed by atoms with Crippen molar-refractivity contribution in [2.24, 2.45) is 0 Å². The summed E-state index contributed by atoms with van der Waals surface area (Å²) in [7, 11) is 0. The van der Waals surface area contributed by atoms with Crippen molar-refractivity contribution in [3.8, 4) is 22.5 Å². The number of hydrogen-bond donors (Lipinski definition) is 2. The smallest absolute Gasteiger partial charge is 0.413 e. The summed E-state index contributed by atoms with van der Waals surface area (Å²) in [5.74, 6) is -0.265.